The molecule has 94 valence electrons. The number of hydrogen-bond acceptors (Lipinski definition) is 5. The molecule has 1 saturated carbocycles. The molecule has 2 aliphatic rings. The lowest BCUT2D eigenvalue weighted by Crippen LogP contribution is -2.21. The van der Waals surface area contributed by atoms with E-state index in [1.165, 1.54) is 12.8 Å². The Hall–Kier alpha value is -0.650. The fraction of sp³-hybridized carbons (Fsp3) is 0.750. The predicted octanol–water partition coefficient (Wildman–Crippen LogP) is 1.74. The standard InChI is InChI=1S/C12H18N2O2S/c1-16-9-4-5-14(6-9)12-13-11(8-2-3-8)10(7-15)17-12/h8-9,15H,2-7H2,1H3. The highest BCUT2D eigenvalue weighted by molar-refractivity contribution is 7.15. The van der Waals surface area contributed by atoms with Crippen LogP contribution in [-0.4, -0.2) is 36.4 Å². The highest BCUT2D eigenvalue weighted by Crippen LogP contribution is 2.44. The molecule has 1 unspecified atom stereocenters. The van der Waals surface area contributed by atoms with Crippen molar-refractivity contribution in [1.82, 2.24) is 4.98 Å². The topological polar surface area (TPSA) is 45.6 Å². The van der Waals surface area contributed by atoms with E-state index in [-0.39, 0.29) is 6.61 Å². The lowest BCUT2D eigenvalue weighted by molar-refractivity contribution is 0.121. The van der Waals surface area contributed by atoms with Crippen LogP contribution in [0.25, 0.3) is 0 Å². The Morgan fingerprint density at radius 1 is 1.47 bits per heavy atom. The molecule has 0 bridgehead atoms. The van der Waals surface area contributed by atoms with Crippen LogP contribution in [0, 0.1) is 0 Å². The van der Waals surface area contributed by atoms with E-state index < -0.39 is 0 Å². The van der Waals surface area contributed by atoms with Gasteiger partial charge in [0.25, 0.3) is 0 Å². The third-order valence-corrected chi connectivity index (χ3v) is 4.69. The first-order valence-corrected chi connectivity index (χ1v) is 7.01. The maximum atomic E-state index is 9.38. The molecule has 2 heterocycles. The Kier molecular flexibility index (Phi) is 3.06. The SMILES string of the molecule is COC1CCN(c2nc(C3CC3)c(CO)s2)C1. The summed E-state index contributed by atoms with van der Waals surface area (Å²) in [6, 6.07) is 0. The van der Waals surface area contributed by atoms with E-state index in [9.17, 15) is 5.11 Å². The maximum Gasteiger partial charge on any atom is 0.185 e. The van der Waals surface area contributed by atoms with Gasteiger partial charge in [-0.15, -0.1) is 0 Å². The van der Waals surface area contributed by atoms with Gasteiger partial charge < -0.3 is 14.7 Å². The van der Waals surface area contributed by atoms with Gasteiger partial charge >= 0.3 is 0 Å². The molecule has 1 aromatic heterocycles. The smallest absolute Gasteiger partial charge is 0.185 e. The van der Waals surface area contributed by atoms with Crippen LogP contribution in [0.15, 0.2) is 0 Å². The summed E-state index contributed by atoms with van der Waals surface area (Å²) in [5.41, 5.74) is 1.15. The Bertz CT molecular complexity index is 403. The Labute approximate surface area is 105 Å². The molecule has 17 heavy (non-hydrogen) atoms. The average molecular weight is 254 g/mol. The van der Waals surface area contributed by atoms with Crippen LogP contribution in [0.1, 0.15) is 35.8 Å². The molecule has 1 aromatic rings. The summed E-state index contributed by atoms with van der Waals surface area (Å²) in [4.78, 5) is 8.06. The van der Waals surface area contributed by atoms with E-state index in [0.29, 0.717) is 12.0 Å². The molecule has 1 aliphatic heterocycles. The molecule has 2 fully saturated rings. The number of anilines is 1. The van der Waals surface area contributed by atoms with Gasteiger partial charge in [0.15, 0.2) is 5.13 Å². The molecule has 4 nitrogen and oxygen atoms in total. The first kappa shape index (κ1) is 11.4. The highest BCUT2D eigenvalue weighted by Gasteiger charge is 2.31. The summed E-state index contributed by atoms with van der Waals surface area (Å²) < 4.78 is 5.37. The number of rotatable bonds is 4. The summed E-state index contributed by atoms with van der Waals surface area (Å²) in [5, 5.41) is 10.4. The van der Waals surface area contributed by atoms with Gasteiger partial charge in [0.05, 0.1) is 23.3 Å². The van der Waals surface area contributed by atoms with Gasteiger partial charge in [0.2, 0.25) is 0 Å². The van der Waals surface area contributed by atoms with Gasteiger partial charge in [-0.05, 0) is 19.3 Å². The van der Waals surface area contributed by atoms with Crippen LogP contribution in [-0.2, 0) is 11.3 Å². The summed E-state index contributed by atoms with van der Waals surface area (Å²) in [6.07, 6.45) is 3.87. The Morgan fingerprint density at radius 2 is 2.29 bits per heavy atom. The molecule has 1 atom stereocenters. The number of thiazole rings is 1. The monoisotopic (exact) mass is 254 g/mol. The lowest BCUT2D eigenvalue weighted by Gasteiger charge is -2.13. The largest absolute Gasteiger partial charge is 0.391 e. The van der Waals surface area contributed by atoms with Crippen molar-refractivity contribution in [3.63, 3.8) is 0 Å². The zero-order valence-corrected chi connectivity index (χ0v) is 10.9. The summed E-state index contributed by atoms with van der Waals surface area (Å²) >= 11 is 1.65. The molecular formula is C12H18N2O2S. The van der Waals surface area contributed by atoms with Gasteiger partial charge in [-0.2, -0.15) is 0 Å². The van der Waals surface area contributed by atoms with Crippen molar-refractivity contribution < 1.29 is 9.84 Å². The minimum Gasteiger partial charge on any atom is -0.391 e. The molecule has 1 N–H and O–H groups in total. The normalized spacial score (nSPS) is 24.6. The lowest BCUT2D eigenvalue weighted by atomic mass is 10.2. The van der Waals surface area contributed by atoms with Crippen LogP contribution >= 0.6 is 11.3 Å². The number of aliphatic hydroxyl groups excluding tert-OH is 1. The van der Waals surface area contributed by atoms with E-state index in [1.807, 2.05) is 0 Å². The third kappa shape index (κ3) is 2.19. The van der Waals surface area contributed by atoms with Gasteiger partial charge in [-0.1, -0.05) is 11.3 Å². The highest BCUT2D eigenvalue weighted by atomic mass is 32.1. The molecule has 0 spiro atoms. The molecule has 3 rings (SSSR count). The van der Waals surface area contributed by atoms with Crippen LogP contribution in [0.3, 0.4) is 0 Å². The fourth-order valence-electron chi connectivity index (χ4n) is 2.37. The number of hydrogen-bond donors (Lipinski definition) is 1. The van der Waals surface area contributed by atoms with Crippen LogP contribution < -0.4 is 4.90 Å². The number of methoxy groups -OCH3 is 1. The van der Waals surface area contributed by atoms with Gasteiger partial charge in [-0.25, -0.2) is 4.98 Å². The fourth-order valence-corrected chi connectivity index (χ4v) is 3.41. The van der Waals surface area contributed by atoms with Crippen molar-refractivity contribution in [1.29, 1.82) is 0 Å². The molecule has 0 aromatic carbocycles. The molecule has 1 saturated heterocycles. The number of aliphatic hydroxyl groups is 1. The van der Waals surface area contributed by atoms with Crippen molar-refractivity contribution in [2.24, 2.45) is 0 Å². The second-order valence-corrected chi connectivity index (χ2v) is 5.89. The minimum absolute atomic E-state index is 0.130. The second-order valence-electron chi connectivity index (χ2n) is 4.83. The van der Waals surface area contributed by atoms with Crippen LogP contribution in [0.2, 0.25) is 0 Å². The van der Waals surface area contributed by atoms with E-state index in [1.54, 1.807) is 18.4 Å². The van der Waals surface area contributed by atoms with E-state index >= 15 is 0 Å². The molecule has 0 radical (unpaired) electrons. The van der Waals surface area contributed by atoms with Gasteiger partial charge in [0.1, 0.15) is 0 Å². The Morgan fingerprint density at radius 3 is 2.88 bits per heavy atom. The molecule has 5 heteroatoms. The summed E-state index contributed by atoms with van der Waals surface area (Å²) in [6.45, 7) is 2.07. The molecule has 0 amide bonds. The first-order chi connectivity index (χ1) is 8.31. The van der Waals surface area contributed by atoms with Crippen molar-refractivity contribution >= 4 is 16.5 Å². The summed E-state index contributed by atoms with van der Waals surface area (Å²) in [7, 11) is 1.77. The maximum absolute atomic E-state index is 9.38. The van der Waals surface area contributed by atoms with Gasteiger partial charge in [0, 0.05) is 26.1 Å². The minimum atomic E-state index is 0.130. The number of nitrogens with zero attached hydrogens (tertiary/aromatic N) is 2. The third-order valence-electron chi connectivity index (χ3n) is 3.57. The molecule has 1 aliphatic carbocycles. The van der Waals surface area contributed by atoms with E-state index in [4.69, 9.17) is 9.72 Å². The zero-order valence-electron chi connectivity index (χ0n) is 10.1. The first-order valence-electron chi connectivity index (χ1n) is 6.20. The van der Waals surface area contributed by atoms with Crippen molar-refractivity contribution in [3.05, 3.63) is 10.6 Å². The van der Waals surface area contributed by atoms with E-state index in [2.05, 4.69) is 4.90 Å². The van der Waals surface area contributed by atoms with Crippen molar-refractivity contribution in [3.8, 4) is 0 Å². The van der Waals surface area contributed by atoms with Gasteiger partial charge in [-0.3, -0.25) is 0 Å². The summed E-state index contributed by atoms with van der Waals surface area (Å²) in [5.74, 6) is 0.614. The van der Waals surface area contributed by atoms with Crippen LogP contribution in [0.5, 0.6) is 0 Å². The number of aromatic nitrogens is 1. The predicted molar refractivity (Wildman–Crippen MR) is 67.6 cm³/mol. The van der Waals surface area contributed by atoms with Crippen molar-refractivity contribution in [2.75, 3.05) is 25.1 Å². The second kappa shape index (κ2) is 4.55. The number of ether oxygens (including phenoxy) is 1. The van der Waals surface area contributed by atoms with Crippen LogP contribution in [0.4, 0.5) is 5.13 Å². The van der Waals surface area contributed by atoms with E-state index in [0.717, 1.165) is 35.2 Å². The quantitative estimate of drug-likeness (QED) is 0.889. The van der Waals surface area contributed by atoms with Crippen molar-refractivity contribution in [2.45, 2.75) is 37.9 Å². The zero-order chi connectivity index (χ0) is 11.8. The Balaban J connectivity index is 1.79. The average Bonchev–Trinajstić information content (AvgIpc) is 2.95. The molecular weight excluding hydrogens is 236 g/mol.